The molecule has 1 N–H and O–H groups in total. The molecular formula is C21H21ClN2O. The van der Waals surface area contributed by atoms with Crippen molar-refractivity contribution in [3.8, 4) is 0 Å². The third-order valence-electron chi connectivity index (χ3n) is 4.26. The molecule has 1 unspecified atom stereocenters. The summed E-state index contributed by atoms with van der Waals surface area (Å²) in [5, 5.41) is 3.67. The van der Waals surface area contributed by atoms with Gasteiger partial charge in [-0.1, -0.05) is 41.4 Å². The second kappa shape index (κ2) is 7.58. The van der Waals surface area contributed by atoms with Gasteiger partial charge in [0.15, 0.2) is 0 Å². The van der Waals surface area contributed by atoms with Crippen LogP contribution in [0.3, 0.4) is 0 Å². The molecule has 0 aliphatic heterocycles. The Morgan fingerprint density at radius 1 is 1.08 bits per heavy atom. The van der Waals surface area contributed by atoms with Crippen LogP contribution in [0.25, 0.3) is 0 Å². The van der Waals surface area contributed by atoms with E-state index in [0.29, 0.717) is 11.4 Å². The summed E-state index contributed by atoms with van der Waals surface area (Å²) in [7, 11) is 0. The number of rotatable bonds is 5. The van der Waals surface area contributed by atoms with E-state index >= 15 is 0 Å². The summed E-state index contributed by atoms with van der Waals surface area (Å²) in [4.78, 5) is 12.7. The number of nitrogens with one attached hydrogen (secondary N) is 1. The number of aryl methyl sites for hydroxylation is 2. The average Bonchev–Trinajstić information content (AvgIpc) is 3.09. The number of carbonyl (C=O) groups is 1. The van der Waals surface area contributed by atoms with Gasteiger partial charge < -0.3 is 9.88 Å². The zero-order chi connectivity index (χ0) is 17.8. The molecule has 4 heteroatoms. The molecule has 1 aromatic heterocycles. The average molecular weight is 353 g/mol. The Bertz CT molecular complexity index is 871. The maximum atomic E-state index is 12.7. The fourth-order valence-corrected chi connectivity index (χ4v) is 3.20. The summed E-state index contributed by atoms with van der Waals surface area (Å²) < 4.78 is 2.07. The zero-order valence-electron chi connectivity index (χ0n) is 14.4. The molecule has 3 rings (SSSR count). The molecule has 128 valence electrons. The van der Waals surface area contributed by atoms with Gasteiger partial charge in [-0.3, -0.25) is 4.79 Å². The first-order valence-electron chi connectivity index (χ1n) is 8.28. The molecule has 0 aliphatic rings. The van der Waals surface area contributed by atoms with Crippen molar-refractivity contribution in [2.75, 3.05) is 5.32 Å². The van der Waals surface area contributed by atoms with Gasteiger partial charge in [0.05, 0.1) is 12.5 Å². The van der Waals surface area contributed by atoms with Crippen molar-refractivity contribution in [1.82, 2.24) is 4.57 Å². The molecule has 3 nitrogen and oxygen atoms in total. The standard InChI is InChI=1S/C21H21ClN2O/c1-15-6-5-7-17(12-15)20(24-10-3-4-11-24)14-21(25)23-19-9-8-18(22)13-16(19)2/h3-13,20H,14H2,1-2H3,(H,23,25). The third kappa shape index (κ3) is 4.31. The van der Waals surface area contributed by atoms with E-state index in [4.69, 9.17) is 11.6 Å². The van der Waals surface area contributed by atoms with Gasteiger partial charge in [0.1, 0.15) is 0 Å². The molecule has 2 aromatic carbocycles. The maximum Gasteiger partial charge on any atom is 0.226 e. The van der Waals surface area contributed by atoms with Crippen LogP contribution in [-0.4, -0.2) is 10.5 Å². The molecule has 0 bridgehead atoms. The molecule has 0 radical (unpaired) electrons. The monoisotopic (exact) mass is 352 g/mol. The van der Waals surface area contributed by atoms with Gasteiger partial charge in [0.25, 0.3) is 0 Å². The molecule has 1 amide bonds. The van der Waals surface area contributed by atoms with E-state index in [1.54, 1.807) is 6.07 Å². The molecule has 0 aliphatic carbocycles. The Kier molecular flexibility index (Phi) is 5.25. The normalized spacial score (nSPS) is 12.0. The van der Waals surface area contributed by atoms with E-state index in [9.17, 15) is 4.79 Å². The Morgan fingerprint density at radius 2 is 1.84 bits per heavy atom. The van der Waals surface area contributed by atoms with Crippen LogP contribution in [-0.2, 0) is 4.79 Å². The van der Waals surface area contributed by atoms with Crippen molar-refractivity contribution in [1.29, 1.82) is 0 Å². The van der Waals surface area contributed by atoms with Crippen molar-refractivity contribution >= 4 is 23.2 Å². The Hall–Kier alpha value is -2.52. The first-order chi connectivity index (χ1) is 12.0. The quantitative estimate of drug-likeness (QED) is 0.657. The Balaban J connectivity index is 1.82. The third-order valence-corrected chi connectivity index (χ3v) is 4.49. The summed E-state index contributed by atoms with van der Waals surface area (Å²) in [5.74, 6) is -0.0226. The number of nitrogens with zero attached hydrogens (tertiary/aromatic N) is 1. The van der Waals surface area contributed by atoms with Crippen LogP contribution < -0.4 is 5.32 Å². The van der Waals surface area contributed by atoms with Gasteiger partial charge in [0.2, 0.25) is 5.91 Å². The van der Waals surface area contributed by atoms with E-state index < -0.39 is 0 Å². The van der Waals surface area contributed by atoms with Crippen LogP contribution in [0.1, 0.15) is 29.2 Å². The van der Waals surface area contributed by atoms with Gasteiger partial charge in [-0.2, -0.15) is 0 Å². The summed E-state index contributed by atoms with van der Waals surface area (Å²) in [5.41, 5.74) is 4.06. The van der Waals surface area contributed by atoms with Gasteiger partial charge in [0, 0.05) is 23.1 Å². The van der Waals surface area contributed by atoms with Gasteiger partial charge >= 0.3 is 0 Å². The largest absolute Gasteiger partial charge is 0.346 e. The second-order valence-corrected chi connectivity index (χ2v) is 6.71. The highest BCUT2D eigenvalue weighted by Gasteiger charge is 2.18. The smallest absolute Gasteiger partial charge is 0.226 e. The summed E-state index contributed by atoms with van der Waals surface area (Å²) >= 11 is 5.98. The fraction of sp³-hybridized carbons (Fsp3) is 0.190. The highest BCUT2D eigenvalue weighted by molar-refractivity contribution is 6.30. The molecule has 0 fully saturated rings. The van der Waals surface area contributed by atoms with Crippen LogP contribution in [0.4, 0.5) is 5.69 Å². The predicted molar refractivity (Wildman–Crippen MR) is 103 cm³/mol. The van der Waals surface area contributed by atoms with Gasteiger partial charge in [-0.05, 0) is 55.3 Å². The lowest BCUT2D eigenvalue weighted by Crippen LogP contribution is -2.20. The van der Waals surface area contributed by atoms with Crippen LogP contribution in [0, 0.1) is 13.8 Å². The summed E-state index contributed by atoms with van der Waals surface area (Å²) in [6.07, 6.45) is 4.35. The molecule has 0 saturated carbocycles. The van der Waals surface area contributed by atoms with Crippen LogP contribution in [0.15, 0.2) is 67.0 Å². The minimum absolute atomic E-state index is 0.0226. The number of carbonyl (C=O) groups excluding carboxylic acids is 1. The van der Waals surface area contributed by atoms with Crippen molar-refractivity contribution < 1.29 is 4.79 Å². The molecular weight excluding hydrogens is 332 g/mol. The molecule has 0 spiro atoms. The minimum Gasteiger partial charge on any atom is -0.346 e. The zero-order valence-corrected chi connectivity index (χ0v) is 15.1. The lowest BCUT2D eigenvalue weighted by Gasteiger charge is -2.20. The van der Waals surface area contributed by atoms with E-state index in [0.717, 1.165) is 16.8 Å². The lowest BCUT2D eigenvalue weighted by atomic mass is 10.0. The fourth-order valence-electron chi connectivity index (χ4n) is 2.97. The number of hydrogen-bond donors (Lipinski definition) is 1. The molecule has 1 heterocycles. The van der Waals surface area contributed by atoms with Crippen molar-refractivity contribution in [3.63, 3.8) is 0 Å². The van der Waals surface area contributed by atoms with Crippen molar-refractivity contribution in [2.45, 2.75) is 26.3 Å². The predicted octanol–water partition coefficient (Wildman–Crippen LogP) is 5.38. The molecule has 25 heavy (non-hydrogen) atoms. The maximum absolute atomic E-state index is 12.7. The summed E-state index contributed by atoms with van der Waals surface area (Å²) in [6, 6.07) is 17.7. The Labute approximate surface area is 153 Å². The highest BCUT2D eigenvalue weighted by atomic mass is 35.5. The number of halogens is 1. The Morgan fingerprint density at radius 3 is 2.52 bits per heavy atom. The van der Waals surface area contributed by atoms with Crippen LogP contribution >= 0.6 is 11.6 Å². The SMILES string of the molecule is Cc1cccc(C(CC(=O)Nc2ccc(Cl)cc2C)n2cccc2)c1. The molecule has 0 saturated heterocycles. The molecule has 3 aromatic rings. The first-order valence-corrected chi connectivity index (χ1v) is 8.66. The van der Waals surface area contributed by atoms with E-state index in [1.807, 2.05) is 49.6 Å². The number of aromatic nitrogens is 1. The first kappa shape index (κ1) is 17.3. The lowest BCUT2D eigenvalue weighted by molar-refractivity contribution is -0.116. The minimum atomic E-state index is -0.0393. The number of amides is 1. The number of benzene rings is 2. The number of anilines is 1. The van der Waals surface area contributed by atoms with Crippen molar-refractivity contribution in [3.05, 3.63) is 88.7 Å². The number of hydrogen-bond acceptors (Lipinski definition) is 1. The topological polar surface area (TPSA) is 34.0 Å². The van der Waals surface area contributed by atoms with Crippen LogP contribution in [0.5, 0.6) is 0 Å². The van der Waals surface area contributed by atoms with E-state index in [1.165, 1.54) is 5.56 Å². The molecule has 1 atom stereocenters. The second-order valence-electron chi connectivity index (χ2n) is 6.27. The van der Waals surface area contributed by atoms with Gasteiger partial charge in [-0.15, -0.1) is 0 Å². The highest BCUT2D eigenvalue weighted by Crippen LogP contribution is 2.25. The van der Waals surface area contributed by atoms with Gasteiger partial charge in [-0.25, -0.2) is 0 Å². The van der Waals surface area contributed by atoms with Crippen LogP contribution in [0.2, 0.25) is 5.02 Å². The van der Waals surface area contributed by atoms with E-state index in [-0.39, 0.29) is 11.9 Å². The van der Waals surface area contributed by atoms with Crippen molar-refractivity contribution in [2.24, 2.45) is 0 Å². The van der Waals surface area contributed by atoms with E-state index in [2.05, 4.69) is 35.0 Å². The summed E-state index contributed by atoms with van der Waals surface area (Å²) in [6.45, 7) is 4.00.